The minimum Gasteiger partial charge on any atom is -0.490 e. The van der Waals surface area contributed by atoms with Gasteiger partial charge in [-0.05, 0) is 38.2 Å². The van der Waals surface area contributed by atoms with Crippen LogP contribution in [0.15, 0.2) is 30.7 Å². The first-order valence-electron chi connectivity index (χ1n) is 13.4. The minimum absolute atomic E-state index is 0.0315. The SMILES string of the molecule is CCCOc1cnc(N[C@H]2CC[C@@H](Oc3nc(N4CCOCC4)cc4ncc(NS(C)(=O)=O)cc34)CC2)nc1. The van der Waals surface area contributed by atoms with Gasteiger partial charge in [-0.15, -0.1) is 0 Å². The lowest BCUT2D eigenvalue weighted by Crippen LogP contribution is -2.37. The van der Waals surface area contributed by atoms with Crippen LogP contribution >= 0.6 is 0 Å². The molecule has 5 rings (SSSR count). The Morgan fingerprint density at radius 2 is 1.79 bits per heavy atom. The predicted molar refractivity (Wildman–Crippen MR) is 149 cm³/mol. The summed E-state index contributed by atoms with van der Waals surface area (Å²) in [5.74, 6) is 2.49. The Balaban J connectivity index is 1.28. The van der Waals surface area contributed by atoms with Crippen LogP contribution in [0.5, 0.6) is 11.6 Å². The number of hydrogen-bond donors (Lipinski definition) is 2. The third-order valence-corrected chi connectivity index (χ3v) is 7.26. The Bertz CT molecular complexity index is 1360. The highest BCUT2D eigenvalue weighted by atomic mass is 32.2. The van der Waals surface area contributed by atoms with Gasteiger partial charge in [0.25, 0.3) is 0 Å². The van der Waals surface area contributed by atoms with Crippen LogP contribution in [0.3, 0.4) is 0 Å². The first-order valence-corrected chi connectivity index (χ1v) is 15.2. The van der Waals surface area contributed by atoms with E-state index in [-0.39, 0.29) is 12.1 Å². The van der Waals surface area contributed by atoms with Crippen molar-refractivity contribution in [3.05, 3.63) is 30.7 Å². The molecule has 0 atom stereocenters. The summed E-state index contributed by atoms with van der Waals surface area (Å²) in [5, 5.41) is 4.08. The van der Waals surface area contributed by atoms with Gasteiger partial charge in [-0.1, -0.05) is 6.92 Å². The summed E-state index contributed by atoms with van der Waals surface area (Å²) in [6, 6.07) is 3.88. The summed E-state index contributed by atoms with van der Waals surface area (Å²) in [6.45, 7) is 5.43. The highest BCUT2D eigenvalue weighted by molar-refractivity contribution is 7.92. The third-order valence-electron chi connectivity index (χ3n) is 6.66. The molecule has 2 N–H and O–H groups in total. The Morgan fingerprint density at radius 3 is 2.49 bits per heavy atom. The van der Waals surface area contributed by atoms with E-state index >= 15 is 0 Å². The first kappa shape index (κ1) is 27.1. The van der Waals surface area contributed by atoms with Crippen LogP contribution in [-0.2, 0) is 14.8 Å². The summed E-state index contributed by atoms with van der Waals surface area (Å²) in [7, 11) is -3.45. The van der Waals surface area contributed by atoms with Gasteiger partial charge in [-0.25, -0.2) is 18.4 Å². The molecule has 1 aliphatic carbocycles. The number of nitrogens with zero attached hydrogens (tertiary/aromatic N) is 5. The summed E-state index contributed by atoms with van der Waals surface area (Å²) < 4.78 is 43.6. The smallest absolute Gasteiger partial charge is 0.229 e. The van der Waals surface area contributed by atoms with Crippen molar-refractivity contribution >= 4 is 38.4 Å². The Labute approximate surface area is 228 Å². The van der Waals surface area contributed by atoms with Gasteiger partial charge in [0.15, 0.2) is 5.75 Å². The fourth-order valence-corrected chi connectivity index (χ4v) is 5.29. The first-order chi connectivity index (χ1) is 18.9. The zero-order valence-electron chi connectivity index (χ0n) is 22.3. The minimum atomic E-state index is -3.45. The van der Waals surface area contributed by atoms with Crippen LogP contribution < -0.4 is 24.4 Å². The van der Waals surface area contributed by atoms with Crippen LogP contribution in [0, 0.1) is 0 Å². The van der Waals surface area contributed by atoms with Gasteiger partial charge in [0, 0.05) is 25.2 Å². The number of nitrogens with one attached hydrogen (secondary N) is 2. The summed E-state index contributed by atoms with van der Waals surface area (Å²) in [5.41, 5.74) is 1.06. The van der Waals surface area contributed by atoms with Crippen molar-refractivity contribution < 1.29 is 22.6 Å². The van der Waals surface area contributed by atoms with Crippen molar-refractivity contribution in [2.45, 2.75) is 51.2 Å². The van der Waals surface area contributed by atoms with E-state index < -0.39 is 10.0 Å². The van der Waals surface area contributed by atoms with E-state index in [0.717, 1.165) is 57.3 Å². The van der Waals surface area contributed by atoms with E-state index in [0.29, 0.717) is 54.0 Å². The zero-order chi connectivity index (χ0) is 27.2. The van der Waals surface area contributed by atoms with Gasteiger partial charge in [0.05, 0.1) is 61.3 Å². The molecule has 2 fully saturated rings. The maximum atomic E-state index is 11.8. The molecule has 1 saturated heterocycles. The number of fused-ring (bicyclic) bond motifs is 1. The summed E-state index contributed by atoms with van der Waals surface area (Å²) in [4.78, 5) is 20.3. The number of aromatic nitrogens is 4. The lowest BCUT2D eigenvalue weighted by atomic mass is 9.93. The molecule has 39 heavy (non-hydrogen) atoms. The standard InChI is InChI=1S/C26H35N7O5S/c1-3-10-37-21-16-28-26(29-17-21)30-18-4-6-20(7-5-18)38-25-22-13-19(32-39(2,34)35)15-27-23(22)14-24(31-25)33-8-11-36-12-9-33/h13-18,20,32H,3-12H2,1-2H3,(H,28,29,30)/t18-,20+. The number of morpholine rings is 1. The Hall–Kier alpha value is -3.45. The number of rotatable bonds is 10. The number of pyridine rings is 2. The molecule has 4 heterocycles. The van der Waals surface area contributed by atoms with E-state index in [4.69, 9.17) is 19.2 Å². The summed E-state index contributed by atoms with van der Waals surface area (Å²) in [6.07, 6.45) is 10.4. The van der Waals surface area contributed by atoms with Crippen LogP contribution in [0.25, 0.3) is 10.9 Å². The van der Waals surface area contributed by atoms with E-state index in [9.17, 15) is 8.42 Å². The Kier molecular flexibility index (Phi) is 8.46. The highest BCUT2D eigenvalue weighted by Crippen LogP contribution is 2.33. The van der Waals surface area contributed by atoms with E-state index in [1.54, 1.807) is 18.5 Å². The second kappa shape index (κ2) is 12.2. The average Bonchev–Trinajstić information content (AvgIpc) is 2.93. The van der Waals surface area contributed by atoms with Gasteiger partial charge < -0.3 is 24.4 Å². The normalized spacial score (nSPS) is 20.0. The molecule has 3 aromatic heterocycles. The lowest BCUT2D eigenvalue weighted by Gasteiger charge is -2.31. The van der Waals surface area contributed by atoms with Crippen molar-refractivity contribution in [2.75, 3.05) is 54.1 Å². The van der Waals surface area contributed by atoms with Crippen LogP contribution in [0.4, 0.5) is 17.5 Å². The fraction of sp³-hybridized carbons (Fsp3) is 0.538. The maximum Gasteiger partial charge on any atom is 0.229 e. The second-order valence-electron chi connectivity index (χ2n) is 9.88. The monoisotopic (exact) mass is 557 g/mol. The molecule has 2 aliphatic rings. The number of hydrogen-bond acceptors (Lipinski definition) is 11. The topological polar surface area (TPSA) is 141 Å². The molecule has 0 spiro atoms. The molecule has 0 unspecified atom stereocenters. The molecule has 3 aromatic rings. The molecule has 0 bridgehead atoms. The van der Waals surface area contributed by atoms with Crippen molar-refractivity contribution in [3.8, 4) is 11.6 Å². The van der Waals surface area contributed by atoms with Crippen molar-refractivity contribution in [3.63, 3.8) is 0 Å². The predicted octanol–water partition coefficient (Wildman–Crippen LogP) is 3.22. The molecule has 0 radical (unpaired) electrons. The molecule has 210 valence electrons. The molecule has 0 aromatic carbocycles. The molecule has 0 amide bonds. The van der Waals surface area contributed by atoms with Gasteiger partial charge in [0.1, 0.15) is 11.9 Å². The highest BCUT2D eigenvalue weighted by Gasteiger charge is 2.25. The molecular formula is C26H35N7O5S. The lowest BCUT2D eigenvalue weighted by molar-refractivity contribution is 0.122. The molecule has 12 nitrogen and oxygen atoms in total. The summed E-state index contributed by atoms with van der Waals surface area (Å²) >= 11 is 0. The van der Waals surface area contributed by atoms with Gasteiger partial charge in [-0.3, -0.25) is 9.71 Å². The van der Waals surface area contributed by atoms with Crippen molar-refractivity contribution in [1.82, 2.24) is 19.9 Å². The molecule has 1 saturated carbocycles. The average molecular weight is 558 g/mol. The van der Waals surface area contributed by atoms with Gasteiger partial charge in [-0.2, -0.15) is 4.98 Å². The third kappa shape index (κ3) is 7.35. The van der Waals surface area contributed by atoms with Crippen LogP contribution in [0.1, 0.15) is 39.0 Å². The largest absolute Gasteiger partial charge is 0.490 e. The number of sulfonamides is 1. The fourth-order valence-electron chi connectivity index (χ4n) is 4.75. The van der Waals surface area contributed by atoms with E-state index in [1.165, 1.54) is 6.20 Å². The Morgan fingerprint density at radius 1 is 1.05 bits per heavy atom. The van der Waals surface area contributed by atoms with Crippen molar-refractivity contribution in [2.24, 2.45) is 0 Å². The van der Waals surface area contributed by atoms with E-state index in [2.05, 4.69) is 36.8 Å². The number of anilines is 3. The quantitative estimate of drug-likeness (QED) is 0.380. The number of ether oxygens (including phenoxy) is 3. The van der Waals surface area contributed by atoms with Crippen LogP contribution in [-0.4, -0.2) is 79.7 Å². The van der Waals surface area contributed by atoms with Crippen LogP contribution in [0.2, 0.25) is 0 Å². The zero-order valence-corrected chi connectivity index (χ0v) is 23.1. The van der Waals surface area contributed by atoms with Gasteiger partial charge >= 0.3 is 0 Å². The molecular weight excluding hydrogens is 522 g/mol. The van der Waals surface area contributed by atoms with E-state index in [1.807, 2.05) is 6.07 Å². The molecule has 13 heteroatoms. The van der Waals surface area contributed by atoms with Crippen molar-refractivity contribution in [1.29, 1.82) is 0 Å². The second-order valence-corrected chi connectivity index (χ2v) is 11.6. The maximum absolute atomic E-state index is 11.8. The van der Waals surface area contributed by atoms with Gasteiger partial charge in [0.2, 0.25) is 21.9 Å². The molecule has 1 aliphatic heterocycles.